The van der Waals surface area contributed by atoms with E-state index in [-0.39, 0.29) is 11.5 Å². The summed E-state index contributed by atoms with van der Waals surface area (Å²) in [7, 11) is 6.49. The minimum atomic E-state index is 0.0212. The number of nitrogens with zero attached hydrogens (tertiary/aromatic N) is 1. The number of ether oxygens (including phenoxy) is 3. The van der Waals surface area contributed by atoms with E-state index in [2.05, 4.69) is 0 Å². The van der Waals surface area contributed by atoms with Crippen molar-refractivity contribution in [2.45, 2.75) is 6.92 Å². The minimum absolute atomic E-state index is 0.0212. The van der Waals surface area contributed by atoms with E-state index >= 15 is 0 Å². The van der Waals surface area contributed by atoms with Gasteiger partial charge in [-0.05, 0) is 36.8 Å². The molecule has 6 heteroatoms. The van der Waals surface area contributed by atoms with Gasteiger partial charge in [-0.3, -0.25) is 4.79 Å². The third-order valence-corrected chi connectivity index (χ3v) is 4.67. The van der Waals surface area contributed by atoms with Crippen molar-refractivity contribution in [3.8, 4) is 34.3 Å². The molecule has 0 unspecified atom stereocenters. The summed E-state index contributed by atoms with van der Waals surface area (Å²) in [5.41, 5.74) is 3.70. The van der Waals surface area contributed by atoms with Gasteiger partial charge in [-0.1, -0.05) is 0 Å². The highest BCUT2D eigenvalue weighted by atomic mass is 16.5. The topological polar surface area (TPSA) is 69.9 Å². The maximum absolute atomic E-state index is 11.6. The van der Waals surface area contributed by atoms with Crippen molar-refractivity contribution in [3.05, 3.63) is 35.4 Å². The summed E-state index contributed by atoms with van der Waals surface area (Å²) in [6.45, 7) is 1.90. The molecule has 1 aromatic heterocycles. The lowest BCUT2D eigenvalue weighted by molar-refractivity contribution is 0.112. The molecule has 0 spiro atoms. The SMILES string of the molecule is COc1ccc(-c2c(C)c3c(O)c(OC)cc(C=O)c3n2C)cc1OC. The second kappa shape index (κ2) is 6.63. The number of aromatic hydroxyl groups is 1. The highest BCUT2D eigenvalue weighted by molar-refractivity contribution is 6.05. The van der Waals surface area contributed by atoms with E-state index in [9.17, 15) is 9.90 Å². The van der Waals surface area contributed by atoms with Gasteiger partial charge < -0.3 is 23.9 Å². The first kappa shape index (κ1) is 17.7. The second-order valence-electron chi connectivity index (χ2n) is 5.96. The summed E-state index contributed by atoms with van der Waals surface area (Å²) in [6, 6.07) is 7.15. The van der Waals surface area contributed by atoms with Crippen molar-refractivity contribution in [2.24, 2.45) is 7.05 Å². The van der Waals surface area contributed by atoms with E-state index in [1.54, 1.807) is 20.3 Å². The molecule has 0 bridgehead atoms. The molecule has 0 amide bonds. The molecule has 136 valence electrons. The molecule has 1 N–H and O–H groups in total. The highest BCUT2D eigenvalue weighted by Gasteiger charge is 2.22. The van der Waals surface area contributed by atoms with Crippen molar-refractivity contribution in [1.82, 2.24) is 4.57 Å². The zero-order valence-corrected chi connectivity index (χ0v) is 15.4. The molecule has 2 aromatic carbocycles. The first-order chi connectivity index (χ1) is 12.5. The number of phenolic OH excluding ortho intramolecular Hbond substituents is 1. The van der Waals surface area contributed by atoms with Crippen molar-refractivity contribution >= 4 is 17.2 Å². The maximum Gasteiger partial charge on any atom is 0.167 e. The largest absolute Gasteiger partial charge is 0.504 e. The van der Waals surface area contributed by atoms with Gasteiger partial charge in [0.15, 0.2) is 29.3 Å². The van der Waals surface area contributed by atoms with Gasteiger partial charge in [0.05, 0.1) is 32.5 Å². The van der Waals surface area contributed by atoms with Gasteiger partial charge in [0.1, 0.15) is 0 Å². The van der Waals surface area contributed by atoms with Gasteiger partial charge in [0.25, 0.3) is 0 Å². The average molecular weight is 355 g/mol. The lowest BCUT2D eigenvalue weighted by atomic mass is 10.0. The fourth-order valence-corrected chi connectivity index (χ4v) is 3.50. The number of aromatic nitrogens is 1. The van der Waals surface area contributed by atoms with Gasteiger partial charge in [-0.15, -0.1) is 0 Å². The van der Waals surface area contributed by atoms with Crippen LogP contribution in [0.4, 0.5) is 0 Å². The molecule has 0 aliphatic rings. The number of phenols is 1. The van der Waals surface area contributed by atoms with Gasteiger partial charge in [-0.25, -0.2) is 0 Å². The predicted molar refractivity (Wildman–Crippen MR) is 99.8 cm³/mol. The maximum atomic E-state index is 11.6. The molecule has 0 aliphatic carbocycles. The molecule has 0 fully saturated rings. The van der Waals surface area contributed by atoms with E-state index in [4.69, 9.17) is 14.2 Å². The van der Waals surface area contributed by atoms with E-state index in [1.807, 2.05) is 36.7 Å². The Labute approximate surface area is 151 Å². The van der Waals surface area contributed by atoms with Gasteiger partial charge >= 0.3 is 0 Å². The first-order valence-electron chi connectivity index (χ1n) is 8.04. The molecule has 0 radical (unpaired) electrons. The monoisotopic (exact) mass is 355 g/mol. The van der Waals surface area contributed by atoms with Crippen LogP contribution in [0, 0.1) is 6.92 Å². The number of hydrogen-bond acceptors (Lipinski definition) is 5. The fourth-order valence-electron chi connectivity index (χ4n) is 3.50. The summed E-state index contributed by atoms with van der Waals surface area (Å²) in [5.74, 6) is 1.53. The zero-order chi connectivity index (χ0) is 19.0. The quantitative estimate of drug-likeness (QED) is 0.707. The average Bonchev–Trinajstić information content (AvgIpc) is 2.93. The van der Waals surface area contributed by atoms with Gasteiger partial charge in [0.2, 0.25) is 0 Å². The Balaban J connectivity index is 2.38. The Morgan fingerprint density at radius 3 is 2.23 bits per heavy atom. The Morgan fingerprint density at radius 1 is 1.00 bits per heavy atom. The molecular weight excluding hydrogens is 334 g/mol. The van der Waals surface area contributed by atoms with E-state index in [1.165, 1.54) is 7.11 Å². The Kier molecular flexibility index (Phi) is 4.50. The molecule has 0 atom stereocenters. The number of aldehydes is 1. The van der Waals surface area contributed by atoms with Crippen molar-refractivity contribution in [2.75, 3.05) is 21.3 Å². The van der Waals surface area contributed by atoms with Crippen molar-refractivity contribution in [1.29, 1.82) is 0 Å². The second-order valence-corrected chi connectivity index (χ2v) is 5.96. The number of aryl methyl sites for hydroxylation is 2. The molecule has 0 aliphatic heterocycles. The van der Waals surface area contributed by atoms with Crippen LogP contribution in [0.2, 0.25) is 0 Å². The molecule has 3 aromatic rings. The van der Waals surface area contributed by atoms with E-state index in [0.29, 0.717) is 28.0 Å². The zero-order valence-electron chi connectivity index (χ0n) is 15.4. The number of rotatable bonds is 5. The van der Waals surface area contributed by atoms with Crippen LogP contribution in [-0.2, 0) is 7.05 Å². The summed E-state index contributed by atoms with van der Waals surface area (Å²) >= 11 is 0. The van der Waals surface area contributed by atoms with Crippen LogP contribution in [0.15, 0.2) is 24.3 Å². The van der Waals surface area contributed by atoms with Crippen molar-refractivity contribution in [3.63, 3.8) is 0 Å². The third-order valence-electron chi connectivity index (χ3n) is 4.67. The summed E-state index contributed by atoms with van der Waals surface area (Å²) in [6.07, 6.45) is 0.766. The molecule has 26 heavy (non-hydrogen) atoms. The van der Waals surface area contributed by atoms with Crippen LogP contribution in [0.1, 0.15) is 15.9 Å². The number of carbonyl (C=O) groups is 1. The highest BCUT2D eigenvalue weighted by Crippen LogP contribution is 2.44. The molecule has 3 rings (SSSR count). The standard InChI is InChI=1S/C20H21NO5/c1-11-17-19(13(10-22)9-16(26-5)20(17)23)21(2)18(11)12-6-7-14(24-3)15(8-12)25-4/h6-10,23H,1-5H3. The molecule has 1 heterocycles. The Hall–Kier alpha value is -3.15. The van der Waals surface area contributed by atoms with Crippen LogP contribution in [0.5, 0.6) is 23.0 Å². The van der Waals surface area contributed by atoms with E-state index in [0.717, 1.165) is 23.1 Å². The number of benzene rings is 2. The molecule has 0 saturated heterocycles. The van der Waals surface area contributed by atoms with Crippen LogP contribution < -0.4 is 14.2 Å². The first-order valence-corrected chi connectivity index (χ1v) is 8.04. The number of methoxy groups -OCH3 is 3. The number of fused-ring (bicyclic) bond motifs is 1. The third kappa shape index (κ3) is 2.45. The Bertz CT molecular complexity index is 1000. The normalized spacial score (nSPS) is 10.8. The summed E-state index contributed by atoms with van der Waals surface area (Å²) in [5, 5.41) is 11.2. The molecule has 6 nitrogen and oxygen atoms in total. The summed E-state index contributed by atoms with van der Waals surface area (Å²) < 4.78 is 17.8. The Morgan fingerprint density at radius 2 is 1.65 bits per heavy atom. The van der Waals surface area contributed by atoms with Crippen molar-refractivity contribution < 1.29 is 24.1 Å². The van der Waals surface area contributed by atoms with Crippen LogP contribution in [0.25, 0.3) is 22.2 Å². The minimum Gasteiger partial charge on any atom is -0.504 e. The predicted octanol–water partition coefficient (Wildman–Crippen LogP) is 3.70. The summed E-state index contributed by atoms with van der Waals surface area (Å²) in [4.78, 5) is 11.6. The van der Waals surface area contributed by atoms with Crippen LogP contribution in [-0.4, -0.2) is 37.3 Å². The number of hydrogen-bond donors (Lipinski definition) is 1. The number of carbonyl (C=O) groups excluding carboxylic acids is 1. The lowest BCUT2D eigenvalue weighted by Gasteiger charge is -2.11. The van der Waals surface area contributed by atoms with Crippen LogP contribution >= 0.6 is 0 Å². The fraction of sp³-hybridized carbons (Fsp3) is 0.250. The smallest absolute Gasteiger partial charge is 0.167 e. The van der Waals surface area contributed by atoms with E-state index < -0.39 is 0 Å². The van der Waals surface area contributed by atoms with Crippen LogP contribution in [0.3, 0.4) is 0 Å². The van der Waals surface area contributed by atoms with Gasteiger partial charge in [-0.2, -0.15) is 0 Å². The lowest BCUT2D eigenvalue weighted by Crippen LogP contribution is -1.97. The molecule has 0 saturated carbocycles. The van der Waals surface area contributed by atoms with Gasteiger partial charge in [0, 0.05) is 23.6 Å². The molecular formula is C20H21NO5.